The van der Waals surface area contributed by atoms with Crippen molar-refractivity contribution in [3.05, 3.63) is 95.6 Å². The summed E-state index contributed by atoms with van der Waals surface area (Å²) in [5.41, 5.74) is 5.17. The van der Waals surface area contributed by atoms with Crippen molar-refractivity contribution in [3.8, 4) is 11.1 Å². The molecule has 3 amide bonds. The number of hydrogen-bond donors (Lipinski definition) is 4. The maximum Gasteiger partial charge on any atom is 0.407 e. The molecule has 0 saturated heterocycles. The van der Waals surface area contributed by atoms with E-state index in [-0.39, 0.29) is 19.1 Å². The van der Waals surface area contributed by atoms with Crippen LogP contribution in [-0.2, 0) is 30.5 Å². The van der Waals surface area contributed by atoms with E-state index in [2.05, 4.69) is 16.0 Å². The highest BCUT2D eigenvalue weighted by molar-refractivity contribution is 5.90. The van der Waals surface area contributed by atoms with Crippen molar-refractivity contribution in [3.63, 3.8) is 0 Å². The third-order valence-corrected chi connectivity index (χ3v) is 6.58. The van der Waals surface area contributed by atoms with Crippen molar-refractivity contribution < 1.29 is 33.8 Å². The average Bonchev–Trinajstić information content (AvgIpc) is 3.29. The predicted octanol–water partition coefficient (Wildman–Crippen LogP) is 2.82. The number of carbonyl (C=O) groups is 4. The van der Waals surface area contributed by atoms with Crippen molar-refractivity contribution in [1.29, 1.82) is 0 Å². The van der Waals surface area contributed by atoms with Crippen LogP contribution < -0.4 is 16.0 Å². The summed E-state index contributed by atoms with van der Waals surface area (Å²) in [5, 5.41) is 15.9. The van der Waals surface area contributed by atoms with Crippen LogP contribution in [-0.4, -0.2) is 60.8 Å². The van der Waals surface area contributed by atoms with Crippen LogP contribution in [0.25, 0.3) is 11.1 Å². The van der Waals surface area contributed by atoms with Gasteiger partial charge in [0.2, 0.25) is 11.8 Å². The molecule has 0 heterocycles. The zero-order valence-electron chi connectivity index (χ0n) is 22.0. The molecule has 208 valence electrons. The number of amides is 3. The summed E-state index contributed by atoms with van der Waals surface area (Å²) in [4.78, 5) is 48.5. The topological polar surface area (TPSA) is 143 Å². The van der Waals surface area contributed by atoms with Gasteiger partial charge in [0.15, 0.2) is 0 Å². The Kier molecular flexibility index (Phi) is 9.48. The number of alkyl carbamates (subject to hydrolysis) is 1. The quantitative estimate of drug-likeness (QED) is 0.274. The van der Waals surface area contributed by atoms with Crippen LogP contribution in [0.1, 0.15) is 29.5 Å². The second-order valence-electron chi connectivity index (χ2n) is 9.34. The molecule has 3 aromatic carbocycles. The number of rotatable bonds is 12. The number of hydrogen-bond acceptors (Lipinski definition) is 6. The lowest BCUT2D eigenvalue weighted by atomic mass is 9.98. The van der Waals surface area contributed by atoms with Crippen molar-refractivity contribution >= 4 is 23.9 Å². The lowest BCUT2D eigenvalue weighted by Crippen LogP contribution is -2.54. The number of carbonyl (C=O) groups excluding carboxylic acids is 3. The molecule has 1 aliphatic carbocycles. The van der Waals surface area contributed by atoms with Crippen molar-refractivity contribution in [2.24, 2.45) is 0 Å². The molecule has 0 bridgehead atoms. The number of aliphatic carboxylic acids is 1. The first-order valence-corrected chi connectivity index (χ1v) is 12.9. The molecule has 0 radical (unpaired) electrons. The Bertz CT molecular complexity index is 1320. The van der Waals surface area contributed by atoms with Crippen LogP contribution in [0.5, 0.6) is 0 Å². The minimum absolute atomic E-state index is 0.0606. The summed E-state index contributed by atoms with van der Waals surface area (Å²) in [5.74, 6) is -2.74. The third kappa shape index (κ3) is 7.23. The van der Waals surface area contributed by atoms with Gasteiger partial charge in [0, 0.05) is 5.92 Å². The van der Waals surface area contributed by atoms with E-state index in [4.69, 9.17) is 14.6 Å². The Morgan fingerprint density at radius 2 is 1.43 bits per heavy atom. The van der Waals surface area contributed by atoms with E-state index in [0.717, 1.165) is 27.8 Å². The zero-order valence-corrected chi connectivity index (χ0v) is 22.0. The smallest absolute Gasteiger partial charge is 0.407 e. The Morgan fingerprint density at radius 1 is 0.825 bits per heavy atom. The first-order valence-electron chi connectivity index (χ1n) is 12.9. The normalized spacial score (nSPS) is 13.3. The van der Waals surface area contributed by atoms with Gasteiger partial charge < -0.3 is 30.5 Å². The van der Waals surface area contributed by atoms with Crippen molar-refractivity contribution in [2.45, 2.75) is 31.6 Å². The number of nitrogens with one attached hydrogen (secondary N) is 3. The van der Waals surface area contributed by atoms with Crippen LogP contribution >= 0.6 is 0 Å². The molecule has 0 fully saturated rings. The summed E-state index contributed by atoms with van der Waals surface area (Å²) >= 11 is 0. The number of fused-ring (bicyclic) bond motifs is 3. The van der Waals surface area contributed by atoms with E-state index in [9.17, 15) is 19.2 Å². The van der Waals surface area contributed by atoms with Gasteiger partial charge in [0.05, 0.1) is 19.3 Å². The molecule has 4 N–H and O–H groups in total. The van der Waals surface area contributed by atoms with Gasteiger partial charge >= 0.3 is 12.1 Å². The van der Waals surface area contributed by atoms with Gasteiger partial charge in [-0.15, -0.1) is 0 Å². The Hall–Kier alpha value is -4.70. The largest absolute Gasteiger partial charge is 0.480 e. The average molecular weight is 546 g/mol. The van der Waals surface area contributed by atoms with Gasteiger partial charge in [-0.05, 0) is 34.7 Å². The fourth-order valence-corrected chi connectivity index (χ4v) is 4.58. The van der Waals surface area contributed by atoms with Crippen LogP contribution in [0.15, 0.2) is 78.9 Å². The van der Waals surface area contributed by atoms with E-state index >= 15 is 0 Å². The number of ether oxygens (including phenoxy) is 2. The molecular weight excluding hydrogens is 514 g/mol. The zero-order chi connectivity index (χ0) is 28.5. The molecule has 10 heteroatoms. The van der Waals surface area contributed by atoms with Crippen LogP contribution in [0.2, 0.25) is 0 Å². The molecule has 1 aliphatic rings. The Morgan fingerprint density at radius 3 is 2.05 bits per heavy atom. The predicted molar refractivity (Wildman–Crippen MR) is 146 cm³/mol. The first kappa shape index (κ1) is 28.3. The second-order valence-corrected chi connectivity index (χ2v) is 9.34. The molecule has 0 unspecified atom stereocenters. The summed E-state index contributed by atoms with van der Waals surface area (Å²) in [6.07, 6.45) is -1.60. The summed E-state index contributed by atoms with van der Waals surface area (Å²) in [6, 6.07) is 24.0. The van der Waals surface area contributed by atoms with Crippen LogP contribution in [0, 0.1) is 0 Å². The van der Waals surface area contributed by atoms with Crippen molar-refractivity contribution in [2.75, 3.05) is 19.7 Å². The molecule has 40 heavy (non-hydrogen) atoms. The summed E-state index contributed by atoms with van der Waals surface area (Å²) in [7, 11) is 0. The van der Waals surface area contributed by atoms with Gasteiger partial charge in [-0.3, -0.25) is 14.4 Å². The lowest BCUT2D eigenvalue weighted by molar-refractivity contribution is -0.137. The molecule has 0 spiro atoms. The molecule has 0 aliphatic heterocycles. The molecule has 0 aromatic heterocycles. The summed E-state index contributed by atoms with van der Waals surface area (Å²) in [6.45, 7) is 0.830. The highest BCUT2D eigenvalue weighted by atomic mass is 16.5. The third-order valence-electron chi connectivity index (χ3n) is 6.58. The minimum atomic E-state index is -1.21. The monoisotopic (exact) mass is 545 g/mol. The standard InChI is InChI=1S/C30H31N3O7/c1-19(39-17-20-9-3-2-4-10-20)28(29(37)32-15-26(34)31-16-27(35)36)33-30(38)40-18-25-23-13-7-5-11-21(23)22-12-6-8-14-24(22)25/h2-14,19,25,28H,15-18H2,1H3,(H,31,34)(H,32,37)(H,33,38)(H,35,36)/t19-,28+/m0/s1. The highest BCUT2D eigenvalue weighted by Crippen LogP contribution is 2.44. The van der Waals surface area contributed by atoms with Gasteiger partial charge in [0.1, 0.15) is 19.2 Å². The van der Waals surface area contributed by atoms with E-state index in [1.165, 1.54) is 0 Å². The van der Waals surface area contributed by atoms with E-state index in [1.807, 2.05) is 78.9 Å². The number of carboxylic acids is 1. The maximum atomic E-state index is 13.0. The lowest BCUT2D eigenvalue weighted by Gasteiger charge is -2.25. The molecule has 2 atom stereocenters. The molecule has 3 aromatic rings. The fourth-order valence-electron chi connectivity index (χ4n) is 4.58. The van der Waals surface area contributed by atoms with Gasteiger partial charge in [0.25, 0.3) is 0 Å². The Balaban J connectivity index is 1.40. The van der Waals surface area contributed by atoms with Gasteiger partial charge in [-0.1, -0.05) is 78.9 Å². The van der Waals surface area contributed by atoms with Crippen LogP contribution in [0.3, 0.4) is 0 Å². The van der Waals surface area contributed by atoms with E-state index < -0.39 is 49.1 Å². The van der Waals surface area contributed by atoms with E-state index in [1.54, 1.807) is 6.92 Å². The molecule has 10 nitrogen and oxygen atoms in total. The molecular formula is C30H31N3O7. The molecule has 0 saturated carbocycles. The maximum absolute atomic E-state index is 13.0. The number of benzene rings is 3. The van der Waals surface area contributed by atoms with Crippen molar-refractivity contribution in [1.82, 2.24) is 16.0 Å². The van der Waals surface area contributed by atoms with E-state index in [0.29, 0.717) is 0 Å². The van der Waals surface area contributed by atoms with Crippen LogP contribution in [0.4, 0.5) is 4.79 Å². The highest BCUT2D eigenvalue weighted by Gasteiger charge is 2.31. The minimum Gasteiger partial charge on any atom is -0.480 e. The summed E-state index contributed by atoms with van der Waals surface area (Å²) < 4.78 is 11.5. The first-order chi connectivity index (χ1) is 19.3. The SMILES string of the molecule is C[C@H](OCc1ccccc1)[C@@H](NC(=O)OCC1c2ccccc2-c2ccccc21)C(=O)NCC(=O)NCC(=O)O. The fraction of sp³-hybridized carbons (Fsp3) is 0.267. The number of carboxylic acid groups (broad SMARTS) is 1. The molecule has 4 rings (SSSR count). The second kappa shape index (κ2) is 13.4. The van der Waals surface area contributed by atoms with Gasteiger partial charge in [-0.2, -0.15) is 0 Å². The van der Waals surface area contributed by atoms with Gasteiger partial charge in [-0.25, -0.2) is 4.79 Å². The Labute approximate surface area is 231 Å².